The van der Waals surface area contributed by atoms with Crippen molar-refractivity contribution in [2.45, 2.75) is 25.7 Å². The lowest BCUT2D eigenvalue weighted by Gasteiger charge is -2.15. The van der Waals surface area contributed by atoms with E-state index < -0.39 is 27.2 Å². The van der Waals surface area contributed by atoms with Crippen LogP contribution in [0, 0.1) is 20.8 Å². The molecule has 5 aromatic rings. The fourth-order valence-electron chi connectivity index (χ4n) is 4.84. The second kappa shape index (κ2) is 9.76. The Balaban J connectivity index is 1.70. The molecule has 2 aromatic heterocycles. The highest BCUT2D eigenvalue weighted by molar-refractivity contribution is 7.87. The molecule has 0 saturated carbocycles. The fraction of sp³-hybridized carbons (Fsp3) is 0.172. The number of carbonyl (C=O) groups excluding carboxylic acids is 1. The number of benzene rings is 3. The van der Waals surface area contributed by atoms with Gasteiger partial charge in [0.15, 0.2) is 0 Å². The number of rotatable bonds is 6. The van der Waals surface area contributed by atoms with Crippen molar-refractivity contribution in [2.75, 3.05) is 0 Å². The first-order chi connectivity index (χ1) is 18.9. The first-order valence-corrected chi connectivity index (χ1v) is 13.7. The monoisotopic (exact) mass is 558 g/mol. The van der Waals surface area contributed by atoms with E-state index in [-0.39, 0.29) is 33.0 Å². The number of carbonyl (C=O) groups is 1. The third-order valence-electron chi connectivity index (χ3n) is 6.92. The van der Waals surface area contributed by atoms with Gasteiger partial charge >= 0.3 is 15.8 Å². The molecule has 5 rings (SSSR count). The molecule has 0 N–H and O–H groups in total. The van der Waals surface area contributed by atoms with Crippen LogP contribution in [-0.2, 0) is 24.2 Å². The fourth-order valence-corrected chi connectivity index (χ4v) is 5.82. The summed E-state index contributed by atoms with van der Waals surface area (Å²) in [4.78, 5) is 40.9. The average molecular weight is 559 g/mol. The Morgan fingerprint density at radius 1 is 0.875 bits per heavy atom. The highest BCUT2D eigenvalue weighted by Gasteiger charge is 2.29. The maximum Gasteiger partial charge on any atom is 0.340 e. The number of hydrogen-bond donors (Lipinski definition) is 0. The van der Waals surface area contributed by atoms with Gasteiger partial charge in [-0.1, -0.05) is 36.4 Å². The Morgan fingerprint density at radius 2 is 1.52 bits per heavy atom. The number of aromatic nitrogens is 4. The Hall–Kier alpha value is -4.77. The molecule has 0 fully saturated rings. The molecule has 0 spiro atoms. The van der Waals surface area contributed by atoms with Crippen LogP contribution in [0.25, 0.3) is 16.6 Å². The van der Waals surface area contributed by atoms with Gasteiger partial charge in [-0.15, -0.1) is 0 Å². The van der Waals surface area contributed by atoms with Crippen molar-refractivity contribution in [3.63, 3.8) is 0 Å². The number of fused-ring (bicyclic) bond motifs is 1. The number of para-hydroxylation sites is 1. The van der Waals surface area contributed by atoms with Crippen LogP contribution >= 0.6 is 0 Å². The molecule has 0 amide bonds. The maximum atomic E-state index is 14.0. The minimum atomic E-state index is -4.27. The second-order valence-electron chi connectivity index (χ2n) is 9.47. The molecule has 0 aliphatic rings. The second-order valence-corrected chi connectivity index (χ2v) is 11.0. The van der Waals surface area contributed by atoms with E-state index in [0.29, 0.717) is 16.8 Å². The molecule has 10 nitrogen and oxygen atoms in total. The molecule has 2 heterocycles. The molecular weight excluding hydrogens is 532 g/mol. The summed E-state index contributed by atoms with van der Waals surface area (Å²) in [7, 11) is -1.23. The molecule has 11 heteroatoms. The topological polar surface area (TPSA) is 122 Å². The summed E-state index contributed by atoms with van der Waals surface area (Å²) < 4.78 is 35.0. The Kier molecular flexibility index (Phi) is 6.54. The van der Waals surface area contributed by atoms with Crippen LogP contribution in [0.1, 0.15) is 32.7 Å². The summed E-state index contributed by atoms with van der Waals surface area (Å²) in [5, 5.41) is 4.42. The molecule has 0 aliphatic heterocycles. The quantitative estimate of drug-likeness (QED) is 0.231. The third kappa shape index (κ3) is 4.24. The van der Waals surface area contributed by atoms with Gasteiger partial charge < -0.3 is 4.18 Å². The summed E-state index contributed by atoms with van der Waals surface area (Å²) in [6.07, 6.45) is 0. The van der Waals surface area contributed by atoms with Crippen LogP contribution < -0.4 is 15.4 Å². The smallest absolute Gasteiger partial charge is 0.340 e. The lowest BCUT2D eigenvalue weighted by Crippen LogP contribution is -2.38. The standard InChI is InChI=1S/C29H26N4O6S/c1-17-11-9-10-14-22(17)33-27(35)24-18(2)21(15-16-23(24)31(4)29(33)36)26(34)25-19(3)30-32(5)28(25)39-40(37,38)20-12-7-6-8-13-20/h6-16H,1-5H3. The van der Waals surface area contributed by atoms with Gasteiger partial charge in [-0.05, 0) is 62.2 Å². The van der Waals surface area contributed by atoms with Crippen molar-refractivity contribution >= 4 is 26.8 Å². The van der Waals surface area contributed by atoms with Crippen LogP contribution in [0.5, 0.6) is 5.88 Å². The molecule has 0 aliphatic carbocycles. The first kappa shape index (κ1) is 26.8. The lowest BCUT2D eigenvalue weighted by atomic mass is 9.96. The largest absolute Gasteiger partial charge is 0.358 e. The summed E-state index contributed by atoms with van der Waals surface area (Å²) in [6, 6.07) is 17.7. The minimum absolute atomic E-state index is 0.0477. The van der Waals surface area contributed by atoms with Gasteiger partial charge in [-0.3, -0.25) is 14.2 Å². The average Bonchev–Trinajstić information content (AvgIpc) is 3.20. The zero-order chi connectivity index (χ0) is 28.9. The van der Waals surface area contributed by atoms with E-state index in [2.05, 4.69) is 5.10 Å². The first-order valence-electron chi connectivity index (χ1n) is 12.3. The summed E-state index contributed by atoms with van der Waals surface area (Å²) >= 11 is 0. The van der Waals surface area contributed by atoms with E-state index in [0.717, 1.165) is 10.1 Å². The van der Waals surface area contributed by atoms with Gasteiger partial charge in [-0.25, -0.2) is 14.0 Å². The van der Waals surface area contributed by atoms with Gasteiger partial charge in [0.05, 0.1) is 22.3 Å². The molecule has 0 unspecified atom stereocenters. The van der Waals surface area contributed by atoms with Gasteiger partial charge in [-0.2, -0.15) is 13.5 Å². The minimum Gasteiger partial charge on any atom is -0.358 e. The van der Waals surface area contributed by atoms with E-state index in [1.54, 1.807) is 64.2 Å². The van der Waals surface area contributed by atoms with Crippen molar-refractivity contribution in [1.82, 2.24) is 18.9 Å². The van der Waals surface area contributed by atoms with Gasteiger partial charge in [0.1, 0.15) is 10.5 Å². The normalized spacial score (nSPS) is 11.6. The predicted molar refractivity (Wildman–Crippen MR) is 150 cm³/mol. The molecule has 0 atom stereocenters. The molecule has 40 heavy (non-hydrogen) atoms. The molecule has 0 radical (unpaired) electrons. The Bertz CT molecular complexity index is 2050. The number of nitrogens with zero attached hydrogens (tertiary/aromatic N) is 4. The van der Waals surface area contributed by atoms with E-state index in [1.807, 2.05) is 6.07 Å². The van der Waals surface area contributed by atoms with E-state index >= 15 is 0 Å². The van der Waals surface area contributed by atoms with Crippen LogP contribution in [0.4, 0.5) is 0 Å². The van der Waals surface area contributed by atoms with Gasteiger partial charge in [0, 0.05) is 19.7 Å². The van der Waals surface area contributed by atoms with Crippen molar-refractivity contribution in [3.8, 4) is 11.6 Å². The van der Waals surface area contributed by atoms with Crippen LogP contribution in [-0.4, -0.2) is 33.1 Å². The molecule has 204 valence electrons. The highest BCUT2D eigenvalue weighted by atomic mass is 32.2. The summed E-state index contributed by atoms with van der Waals surface area (Å²) in [6.45, 7) is 4.99. The van der Waals surface area contributed by atoms with Crippen LogP contribution in [0.15, 0.2) is 81.2 Å². The molecular formula is C29H26N4O6S. The van der Waals surface area contributed by atoms with Crippen molar-refractivity contribution < 1.29 is 17.4 Å². The molecule has 0 saturated heterocycles. The SMILES string of the molecule is Cc1ccccc1-n1c(=O)c2c(C)c(C(=O)c3c(C)nn(C)c3OS(=O)(=O)c3ccccc3)ccc2n(C)c1=O. The predicted octanol–water partition coefficient (Wildman–Crippen LogP) is 3.35. The zero-order valence-electron chi connectivity index (χ0n) is 22.5. The number of aryl methyl sites for hydroxylation is 5. The van der Waals surface area contributed by atoms with Crippen molar-refractivity contribution in [3.05, 3.63) is 116 Å². The van der Waals surface area contributed by atoms with Crippen LogP contribution in [0.3, 0.4) is 0 Å². The zero-order valence-corrected chi connectivity index (χ0v) is 23.3. The van der Waals surface area contributed by atoms with E-state index in [4.69, 9.17) is 4.18 Å². The Morgan fingerprint density at radius 3 is 2.20 bits per heavy atom. The van der Waals surface area contributed by atoms with E-state index in [9.17, 15) is 22.8 Å². The van der Waals surface area contributed by atoms with Crippen molar-refractivity contribution in [1.29, 1.82) is 0 Å². The maximum absolute atomic E-state index is 14.0. The Labute approximate surface area is 229 Å². The lowest BCUT2D eigenvalue weighted by molar-refractivity contribution is 0.103. The highest BCUT2D eigenvalue weighted by Crippen LogP contribution is 2.30. The van der Waals surface area contributed by atoms with Crippen molar-refractivity contribution in [2.24, 2.45) is 14.1 Å². The summed E-state index contributed by atoms with van der Waals surface area (Å²) in [5.74, 6) is -0.817. The molecule has 0 bridgehead atoms. The molecule has 3 aromatic carbocycles. The van der Waals surface area contributed by atoms with E-state index in [1.165, 1.54) is 40.6 Å². The van der Waals surface area contributed by atoms with Gasteiger partial charge in [0.2, 0.25) is 11.7 Å². The van der Waals surface area contributed by atoms with Gasteiger partial charge in [0.25, 0.3) is 5.56 Å². The summed E-state index contributed by atoms with van der Waals surface area (Å²) in [5.41, 5.74) is 1.15. The number of hydrogen-bond acceptors (Lipinski definition) is 7. The van der Waals surface area contributed by atoms with Crippen LogP contribution in [0.2, 0.25) is 0 Å². The number of ketones is 1. The third-order valence-corrected chi connectivity index (χ3v) is 8.14.